The van der Waals surface area contributed by atoms with Crippen molar-refractivity contribution in [2.24, 2.45) is 0 Å². The summed E-state index contributed by atoms with van der Waals surface area (Å²) < 4.78 is 15.6. The van der Waals surface area contributed by atoms with Gasteiger partial charge in [0.25, 0.3) is 0 Å². The number of hydrogen-bond acceptors (Lipinski definition) is 5. The molecule has 0 amide bonds. The molecule has 1 radical (unpaired) electrons. The van der Waals surface area contributed by atoms with Crippen LogP contribution in [0.1, 0.15) is 82.7 Å². The average Bonchev–Trinajstić information content (AvgIpc) is 4.00. The minimum atomic E-state index is 0. The van der Waals surface area contributed by atoms with Crippen molar-refractivity contribution in [2.75, 3.05) is 0 Å². The molecule has 65 heavy (non-hydrogen) atoms. The fraction of sp³-hybridized carbons (Fsp3) is 0.190. The summed E-state index contributed by atoms with van der Waals surface area (Å²) in [6, 6.07) is 55.0. The molecule has 4 aromatic heterocycles. The smallest absolute Gasteiger partial charge is 0.177 e. The summed E-state index contributed by atoms with van der Waals surface area (Å²) in [6.45, 7) is 17.7. The Balaban J connectivity index is 0.000000266. The van der Waals surface area contributed by atoms with Crippen LogP contribution >= 0.6 is 0 Å². The number of rotatable bonds is 6. The van der Waals surface area contributed by atoms with Gasteiger partial charge in [-0.2, -0.15) is 0 Å². The van der Waals surface area contributed by atoms with Crippen molar-refractivity contribution in [3.63, 3.8) is 0 Å². The Labute approximate surface area is 393 Å². The van der Waals surface area contributed by atoms with E-state index in [4.69, 9.17) is 13.8 Å². The molecule has 325 valence electrons. The number of hydrogen-bond donors (Lipinski definition) is 0. The summed E-state index contributed by atoms with van der Waals surface area (Å²) in [5.74, 6) is 2.10. The third-order valence-electron chi connectivity index (χ3n) is 12.1. The van der Waals surface area contributed by atoms with E-state index in [1.165, 1.54) is 33.5 Å². The topological polar surface area (TPSA) is 69.9 Å². The van der Waals surface area contributed by atoms with Crippen LogP contribution in [0.15, 0.2) is 155 Å². The Morgan fingerprint density at radius 2 is 1.28 bits per heavy atom. The first-order chi connectivity index (χ1) is 30.9. The number of nitrogens with zero attached hydrogens (tertiary/aromatic N) is 4. The Morgan fingerprint density at radius 1 is 0.600 bits per heavy atom. The fourth-order valence-corrected chi connectivity index (χ4v) is 8.79. The van der Waals surface area contributed by atoms with Crippen LogP contribution in [0.2, 0.25) is 0 Å². The van der Waals surface area contributed by atoms with Crippen LogP contribution in [0.5, 0.6) is 0 Å². The van der Waals surface area contributed by atoms with E-state index >= 15 is 0 Å². The summed E-state index contributed by atoms with van der Waals surface area (Å²) in [5, 5.41) is 4.17. The maximum absolute atomic E-state index is 6.85. The van der Waals surface area contributed by atoms with Crippen LogP contribution < -0.4 is 0 Å². The van der Waals surface area contributed by atoms with Gasteiger partial charge in [0.2, 0.25) is 0 Å². The first kappa shape index (κ1) is 43.6. The zero-order valence-corrected chi connectivity index (χ0v) is 40.3. The number of furan rings is 2. The summed E-state index contributed by atoms with van der Waals surface area (Å²) in [6.07, 6.45) is 1.81. The summed E-state index contributed by atoms with van der Waals surface area (Å²) >= 11 is 0. The third kappa shape index (κ3) is 7.98. The first-order valence-corrected chi connectivity index (χ1v) is 22.2. The van der Waals surface area contributed by atoms with Gasteiger partial charge in [-0.25, -0.2) is 0 Å². The predicted molar refractivity (Wildman–Crippen MR) is 263 cm³/mol. The number of aryl methyl sites for hydroxylation is 1. The largest absolute Gasteiger partial charge is 0.497 e. The summed E-state index contributed by atoms with van der Waals surface area (Å²) in [7, 11) is 0. The maximum Gasteiger partial charge on any atom is 0.177 e. The zero-order chi connectivity index (χ0) is 44.3. The van der Waals surface area contributed by atoms with E-state index in [9.17, 15) is 0 Å². The van der Waals surface area contributed by atoms with Gasteiger partial charge in [0, 0.05) is 59.3 Å². The molecule has 0 aliphatic rings. The Hall–Kier alpha value is -6.66. The van der Waals surface area contributed by atoms with Gasteiger partial charge in [0.15, 0.2) is 11.2 Å². The number of imidazole rings is 1. The Bertz CT molecular complexity index is 3470. The maximum atomic E-state index is 6.85. The molecular weight excluding hydrogens is 977 g/mol. The van der Waals surface area contributed by atoms with Crippen molar-refractivity contribution in [2.45, 2.75) is 72.6 Å². The van der Waals surface area contributed by atoms with Gasteiger partial charge in [-0.15, -0.1) is 54.1 Å². The van der Waals surface area contributed by atoms with Gasteiger partial charge in [-0.05, 0) is 89.0 Å². The van der Waals surface area contributed by atoms with Crippen LogP contribution in [0, 0.1) is 19.1 Å². The quantitative estimate of drug-likeness (QED) is 0.155. The minimum absolute atomic E-state index is 0. The zero-order valence-electron chi connectivity index (χ0n) is 37.9. The van der Waals surface area contributed by atoms with Crippen molar-refractivity contribution in [3.8, 4) is 39.6 Å². The van der Waals surface area contributed by atoms with Crippen molar-refractivity contribution in [3.05, 3.63) is 180 Å². The predicted octanol–water partition coefficient (Wildman–Crippen LogP) is 15.8. The van der Waals surface area contributed by atoms with E-state index in [1.54, 1.807) is 0 Å². The third-order valence-corrected chi connectivity index (χ3v) is 12.1. The van der Waals surface area contributed by atoms with Crippen LogP contribution in [-0.2, 0) is 25.5 Å². The number of fused-ring (bicyclic) bond motifs is 8. The summed E-state index contributed by atoms with van der Waals surface area (Å²) in [4.78, 5) is 14.2. The van der Waals surface area contributed by atoms with Gasteiger partial charge in [-0.3, -0.25) is 15.0 Å². The normalized spacial score (nSPS) is 11.8. The molecule has 0 saturated heterocycles. The van der Waals surface area contributed by atoms with Crippen LogP contribution in [0.3, 0.4) is 0 Å². The van der Waals surface area contributed by atoms with Gasteiger partial charge in [0.05, 0.1) is 28.3 Å². The Kier molecular flexibility index (Phi) is 11.7. The molecule has 0 aliphatic carbocycles. The molecule has 0 unspecified atom stereocenters. The van der Waals surface area contributed by atoms with Gasteiger partial charge >= 0.3 is 0 Å². The standard InChI is InChI=1S/C44H35N2O2.C14H15N2.Ir/c1-25(2)35-23-29(28-12-7-6-8-13-28)24-36(26(3)4)40(35)46-38-21-18-27(5)22-37(38)45-44(46)34-16-11-15-31-33-20-19-32-30-14-9-10-17-39(30)47-42(32)43(33)48-41(31)34;1-14(2,3)12-9-10-15-13(16-12)11-7-5-4-6-8-11;/h6-15,17-26H,1-5H3;4-7,9-10H,1-3H3;/q2*-1;. The van der Waals surface area contributed by atoms with Crippen LogP contribution in [0.25, 0.3) is 94.5 Å². The monoisotopic (exact) mass is 1030 g/mol. The summed E-state index contributed by atoms with van der Waals surface area (Å²) in [5.41, 5.74) is 15.4. The van der Waals surface area contributed by atoms with Crippen LogP contribution in [0.4, 0.5) is 0 Å². The molecule has 4 heterocycles. The SMILES string of the molecule is CC(C)(C)c1ccnc(-c2[c-]cccc2)n1.Cc1ccc2c(c1)nc(-c1[c-]ccc3c1oc1c3ccc3c4ccccc4oc31)n2-c1c(C(C)C)cc(-c2ccccc2)cc1C(C)C.[Ir]. The Morgan fingerprint density at radius 3 is 1.98 bits per heavy atom. The second-order valence-corrected chi connectivity index (χ2v) is 18.3. The molecule has 7 heteroatoms. The van der Waals surface area contributed by atoms with E-state index in [2.05, 4.69) is 167 Å². The number of benzene rings is 7. The van der Waals surface area contributed by atoms with E-state index in [0.29, 0.717) is 0 Å². The number of para-hydroxylation sites is 1. The molecule has 11 rings (SSSR count). The van der Waals surface area contributed by atoms with Crippen LogP contribution in [-0.4, -0.2) is 19.5 Å². The molecule has 11 aromatic rings. The fourth-order valence-electron chi connectivity index (χ4n) is 8.79. The van der Waals surface area contributed by atoms with E-state index in [-0.39, 0.29) is 37.4 Å². The van der Waals surface area contributed by atoms with Gasteiger partial charge in [-0.1, -0.05) is 120 Å². The molecular formula is C58H50IrN4O2-2. The average molecular weight is 1030 g/mol. The van der Waals surface area contributed by atoms with Gasteiger partial charge in [0.1, 0.15) is 5.58 Å². The van der Waals surface area contributed by atoms with Gasteiger partial charge < -0.3 is 13.4 Å². The van der Waals surface area contributed by atoms with Crippen molar-refractivity contribution >= 4 is 54.9 Å². The van der Waals surface area contributed by atoms with E-state index < -0.39 is 0 Å². The molecule has 0 spiro atoms. The second-order valence-electron chi connectivity index (χ2n) is 18.3. The molecule has 0 bridgehead atoms. The molecule has 6 nitrogen and oxygen atoms in total. The molecule has 0 N–H and O–H groups in total. The van der Waals surface area contributed by atoms with Crippen molar-refractivity contribution in [1.29, 1.82) is 0 Å². The van der Waals surface area contributed by atoms with Crippen molar-refractivity contribution < 1.29 is 28.9 Å². The number of aromatic nitrogens is 4. The second kappa shape index (κ2) is 17.4. The molecule has 0 fully saturated rings. The molecule has 7 aromatic carbocycles. The molecule has 0 atom stereocenters. The van der Waals surface area contributed by atoms with E-state index in [0.717, 1.165) is 83.4 Å². The first-order valence-electron chi connectivity index (χ1n) is 22.2. The van der Waals surface area contributed by atoms with Crippen molar-refractivity contribution in [1.82, 2.24) is 19.5 Å². The molecule has 0 saturated carbocycles. The molecule has 0 aliphatic heterocycles. The van der Waals surface area contributed by atoms with E-state index in [1.807, 2.05) is 60.8 Å². The minimum Gasteiger partial charge on any atom is -0.497 e.